The van der Waals surface area contributed by atoms with Crippen molar-refractivity contribution < 1.29 is 32.4 Å². The summed E-state index contributed by atoms with van der Waals surface area (Å²) in [7, 11) is -3.58. The van der Waals surface area contributed by atoms with Crippen molar-refractivity contribution in [3.8, 4) is 0 Å². The maximum Gasteiger partial charge on any atom is 0.315 e. The SMILES string of the molecule is C=CCNC(=O)C(=O)C(CC1CC1)NC(=O)[C@@H]1[C@@H]2C(CN1C(=O)[C@@H](NC(=O)NC1(CS(=O)(=O)C(C)(C)C)CCCCC1)C1CCCCC1)C2(Cl)Cl. The van der Waals surface area contributed by atoms with E-state index in [0.717, 1.165) is 51.4 Å². The molecule has 15 heteroatoms. The highest BCUT2D eigenvalue weighted by atomic mass is 35.5. The lowest BCUT2D eigenvalue weighted by molar-refractivity contribution is -0.144. The summed E-state index contributed by atoms with van der Waals surface area (Å²) in [6, 6.07) is -3.79. The normalized spacial score (nSPS) is 26.9. The molecule has 4 N–H and O–H groups in total. The minimum atomic E-state index is -3.58. The minimum absolute atomic E-state index is 0.0932. The van der Waals surface area contributed by atoms with Crippen molar-refractivity contribution in [2.45, 2.75) is 137 Å². The molecule has 0 aromatic carbocycles. The molecule has 5 atom stereocenters. The Labute approximate surface area is 312 Å². The monoisotopic (exact) mass is 771 g/mol. The predicted molar refractivity (Wildman–Crippen MR) is 196 cm³/mol. The van der Waals surface area contributed by atoms with E-state index in [9.17, 15) is 32.4 Å². The molecule has 2 unspecified atom stereocenters. The fourth-order valence-corrected chi connectivity index (χ4v) is 10.6. The second-order valence-corrected chi connectivity index (χ2v) is 20.7. The van der Waals surface area contributed by atoms with E-state index in [2.05, 4.69) is 27.8 Å². The van der Waals surface area contributed by atoms with Crippen LogP contribution in [-0.2, 0) is 29.0 Å². The molecule has 0 radical (unpaired) electrons. The molecule has 5 fully saturated rings. The van der Waals surface area contributed by atoms with Crippen LogP contribution in [0.15, 0.2) is 12.7 Å². The number of carbonyl (C=O) groups is 5. The number of alkyl halides is 2. The van der Waals surface area contributed by atoms with E-state index >= 15 is 0 Å². The van der Waals surface area contributed by atoms with E-state index in [1.807, 2.05) is 0 Å². The number of hydrogen-bond donors (Lipinski definition) is 4. The van der Waals surface area contributed by atoms with Crippen LogP contribution < -0.4 is 21.3 Å². The number of nitrogens with zero attached hydrogens (tertiary/aromatic N) is 1. The van der Waals surface area contributed by atoms with Crippen molar-refractivity contribution in [2.75, 3.05) is 18.8 Å². The van der Waals surface area contributed by atoms with Crippen molar-refractivity contribution in [1.82, 2.24) is 26.2 Å². The number of carbonyl (C=O) groups excluding carboxylic acids is 5. The summed E-state index contributed by atoms with van der Waals surface area (Å²) in [6.45, 7) is 8.71. The topological polar surface area (TPSA) is 171 Å². The van der Waals surface area contributed by atoms with Gasteiger partial charge in [0.05, 0.1) is 22.1 Å². The van der Waals surface area contributed by atoms with Crippen LogP contribution in [0, 0.1) is 23.7 Å². The molecule has 12 nitrogen and oxygen atoms in total. The summed E-state index contributed by atoms with van der Waals surface area (Å²) in [5.74, 6) is -3.83. The number of fused-ring (bicyclic) bond motifs is 1. The highest BCUT2D eigenvalue weighted by Crippen LogP contribution is 2.65. The van der Waals surface area contributed by atoms with E-state index in [1.54, 1.807) is 20.8 Å². The number of halogens is 2. The highest BCUT2D eigenvalue weighted by Gasteiger charge is 2.74. The van der Waals surface area contributed by atoms with Crippen molar-refractivity contribution >= 4 is 62.6 Å². The fraction of sp³-hybridized carbons (Fsp3) is 0.806. The second-order valence-electron chi connectivity index (χ2n) is 16.5. The fourth-order valence-electron chi connectivity index (χ4n) is 8.28. The molecule has 0 aromatic heterocycles. The van der Waals surface area contributed by atoms with E-state index < -0.39 is 78.0 Å². The molecular weight excluding hydrogens is 717 g/mol. The lowest BCUT2D eigenvalue weighted by Crippen LogP contribution is -2.63. The summed E-state index contributed by atoms with van der Waals surface area (Å²) in [6.07, 6.45) is 11.2. The van der Waals surface area contributed by atoms with Gasteiger partial charge in [-0.15, -0.1) is 29.8 Å². The number of likely N-dealkylation sites (tertiary alicyclic amines) is 1. The maximum absolute atomic E-state index is 14.6. The van der Waals surface area contributed by atoms with Crippen molar-refractivity contribution in [2.24, 2.45) is 23.7 Å². The van der Waals surface area contributed by atoms with Gasteiger partial charge in [-0.1, -0.05) is 57.4 Å². The van der Waals surface area contributed by atoms with Gasteiger partial charge in [-0.25, -0.2) is 13.2 Å². The molecule has 5 amide bonds. The van der Waals surface area contributed by atoms with Crippen LogP contribution in [0.4, 0.5) is 4.79 Å². The van der Waals surface area contributed by atoms with Crippen molar-refractivity contribution in [3.63, 3.8) is 0 Å². The molecule has 1 aliphatic heterocycles. The van der Waals surface area contributed by atoms with Crippen LogP contribution >= 0.6 is 23.2 Å². The third-order valence-electron chi connectivity index (χ3n) is 11.7. The number of amides is 5. The quantitative estimate of drug-likeness (QED) is 0.118. The average Bonchev–Trinajstić information content (AvgIpc) is 3.92. The number of nitrogens with one attached hydrogen (secondary N) is 4. The molecule has 0 aromatic rings. The lowest BCUT2D eigenvalue weighted by Gasteiger charge is -2.41. The van der Waals surface area contributed by atoms with Gasteiger partial charge in [-0.2, -0.15) is 0 Å². The Morgan fingerprint density at radius 2 is 1.57 bits per heavy atom. The van der Waals surface area contributed by atoms with E-state index in [1.165, 1.54) is 11.0 Å². The summed E-state index contributed by atoms with van der Waals surface area (Å²) < 4.78 is 24.5. The molecule has 0 spiro atoms. The van der Waals surface area contributed by atoms with Crippen LogP contribution in [0.1, 0.15) is 104 Å². The number of Topliss-reactive ketones (excluding diaryl/α,β-unsaturated/α-hetero) is 1. The van der Waals surface area contributed by atoms with Gasteiger partial charge in [0.1, 0.15) is 16.4 Å². The first-order valence-electron chi connectivity index (χ1n) is 18.6. The molecule has 1 saturated heterocycles. The van der Waals surface area contributed by atoms with Crippen LogP contribution in [-0.4, -0.2) is 94.4 Å². The zero-order chi connectivity index (χ0) is 37.4. The maximum atomic E-state index is 14.6. The zero-order valence-corrected chi connectivity index (χ0v) is 32.4. The number of hydrogen-bond acceptors (Lipinski definition) is 7. The van der Waals surface area contributed by atoms with Gasteiger partial charge in [0.25, 0.3) is 5.91 Å². The number of urea groups is 1. The van der Waals surface area contributed by atoms with Gasteiger partial charge in [-0.3, -0.25) is 19.2 Å². The molecule has 4 aliphatic carbocycles. The van der Waals surface area contributed by atoms with E-state index in [4.69, 9.17) is 23.2 Å². The third kappa shape index (κ3) is 9.05. The Hall–Kier alpha value is -2.38. The van der Waals surface area contributed by atoms with Crippen molar-refractivity contribution in [1.29, 1.82) is 0 Å². The first-order valence-corrected chi connectivity index (χ1v) is 21.0. The molecule has 1 heterocycles. The van der Waals surface area contributed by atoms with Crippen LogP contribution in [0.2, 0.25) is 0 Å². The number of rotatable bonds is 14. The van der Waals surface area contributed by atoms with Crippen LogP contribution in [0.5, 0.6) is 0 Å². The summed E-state index contributed by atoms with van der Waals surface area (Å²) in [5, 5.41) is 11.2. The Morgan fingerprint density at radius 3 is 2.16 bits per heavy atom. The van der Waals surface area contributed by atoms with Gasteiger partial charge >= 0.3 is 6.03 Å². The molecular formula is C36H55Cl2N5O7S. The minimum Gasteiger partial charge on any atom is -0.346 e. The Bertz CT molecular complexity index is 1480. The first-order chi connectivity index (χ1) is 23.9. The van der Waals surface area contributed by atoms with Crippen molar-refractivity contribution in [3.05, 3.63) is 12.7 Å². The van der Waals surface area contributed by atoms with Gasteiger partial charge in [-0.05, 0) is 64.7 Å². The largest absolute Gasteiger partial charge is 0.346 e. The van der Waals surface area contributed by atoms with Crippen LogP contribution in [0.3, 0.4) is 0 Å². The number of sulfone groups is 1. The van der Waals surface area contributed by atoms with E-state index in [-0.39, 0.29) is 36.6 Å². The van der Waals surface area contributed by atoms with E-state index in [0.29, 0.717) is 32.1 Å². The Morgan fingerprint density at radius 1 is 0.941 bits per heavy atom. The average molecular weight is 773 g/mol. The molecule has 5 rings (SSSR count). The zero-order valence-electron chi connectivity index (χ0n) is 30.1. The van der Waals surface area contributed by atoms with Gasteiger partial charge in [0.2, 0.25) is 17.6 Å². The summed E-state index contributed by atoms with van der Waals surface area (Å²) in [5.41, 5.74) is -0.968. The number of ketones is 1. The standard InChI is InChI=1S/C36H55Cl2N5O7S/c1-5-18-39-31(46)29(44)25(19-22-14-15-22)40-30(45)28-26-24(36(26,37)38)20-43(28)32(47)27(23-12-8-6-9-13-23)41-33(48)42-35(16-10-7-11-17-35)21-51(49,50)34(2,3)4/h5,22-28H,1,6-21H2,2-4H3,(H,39,46)(H,40,45)(H2,41,42,48)/t24?,25?,26-,27-,28-/m0/s1. The Balaban J connectivity index is 1.37. The third-order valence-corrected chi connectivity index (χ3v) is 15.5. The smallest absolute Gasteiger partial charge is 0.315 e. The summed E-state index contributed by atoms with van der Waals surface area (Å²) >= 11 is 13.2. The summed E-state index contributed by atoms with van der Waals surface area (Å²) in [4.78, 5) is 69.8. The lowest BCUT2D eigenvalue weighted by atomic mass is 9.82. The number of piperidine rings is 1. The molecule has 286 valence electrons. The highest BCUT2D eigenvalue weighted by molar-refractivity contribution is 7.92. The molecule has 51 heavy (non-hydrogen) atoms. The van der Waals surface area contributed by atoms with Gasteiger partial charge in [0, 0.05) is 24.9 Å². The predicted octanol–water partition coefficient (Wildman–Crippen LogP) is 3.94. The molecule has 4 saturated carbocycles. The van der Waals surface area contributed by atoms with Gasteiger partial charge < -0.3 is 26.2 Å². The van der Waals surface area contributed by atoms with Crippen LogP contribution in [0.25, 0.3) is 0 Å². The second kappa shape index (κ2) is 15.5. The Kier molecular flexibility index (Phi) is 12.1. The molecule has 5 aliphatic rings. The van der Waals surface area contributed by atoms with Gasteiger partial charge in [0.15, 0.2) is 9.84 Å². The molecule has 0 bridgehead atoms. The first kappa shape index (κ1) is 39.8.